The number of carbonyl (C=O) groups is 1. The van der Waals surface area contributed by atoms with Crippen LogP contribution in [-0.2, 0) is 10.9 Å². The van der Waals surface area contributed by atoms with Crippen LogP contribution in [0.3, 0.4) is 0 Å². The van der Waals surface area contributed by atoms with Gasteiger partial charge in [0.2, 0.25) is 0 Å². The summed E-state index contributed by atoms with van der Waals surface area (Å²) in [4.78, 5) is 11.2. The smallest absolute Gasteiger partial charge is 0.417 e. The van der Waals surface area contributed by atoms with Crippen molar-refractivity contribution in [2.45, 2.75) is 6.18 Å². The fourth-order valence-corrected chi connectivity index (χ4v) is 1.73. The molecule has 90 valence electrons. The van der Waals surface area contributed by atoms with Crippen molar-refractivity contribution in [3.63, 3.8) is 0 Å². The van der Waals surface area contributed by atoms with Gasteiger partial charge in [-0.1, -0.05) is 0 Å². The largest absolute Gasteiger partial charge is 0.465 e. The Balaban J connectivity index is 3.52. The van der Waals surface area contributed by atoms with Gasteiger partial charge in [-0.05, 0) is 28.1 Å². The van der Waals surface area contributed by atoms with Crippen molar-refractivity contribution in [1.82, 2.24) is 0 Å². The first-order chi connectivity index (χ1) is 7.81. The molecule has 17 heavy (non-hydrogen) atoms. The lowest BCUT2D eigenvalue weighted by atomic mass is 10.0. The van der Waals surface area contributed by atoms with Crippen molar-refractivity contribution in [3.05, 3.63) is 33.3 Å². The van der Waals surface area contributed by atoms with Gasteiger partial charge >= 0.3 is 12.1 Å². The minimum absolute atomic E-state index is 0.102. The average Bonchev–Trinajstić information content (AvgIpc) is 2.25. The molecule has 0 spiro atoms. The van der Waals surface area contributed by atoms with Crippen molar-refractivity contribution >= 4 is 21.9 Å². The van der Waals surface area contributed by atoms with E-state index < -0.39 is 23.3 Å². The molecule has 0 radical (unpaired) electrons. The van der Waals surface area contributed by atoms with Crippen molar-refractivity contribution in [1.29, 1.82) is 5.26 Å². The summed E-state index contributed by atoms with van der Waals surface area (Å²) in [6.45, 7) is 0. The van der Waals surface area contributed by atoms with Crippen molar-refractivity contribution in [2.24, 2.45) is 0 Å². The molecule has 1 aromatic rings. The number of benzene rings is 1. The number of methoxy groups -OCH3 is 1. The highest BCUT2D eigenvalue weighted by molar-refractivity contribution is 9.10. The third-order valence-electron chi connectivity index (χ3n) is 1.93. The summed E-state index contributed by atoms with van der Waals surface area (Å²) in [7, 11) is 1.06. The second kappa shape index (κ2) is 4.75. The number of nitriles is 1. The van der Waals surface area contributed by atoms with Crippen LogP contribution in [-0.4, -0.2) is 13.1 Å². The highest BCUT2D eigenvalue weighted by Crippen LogP contribution is 2.35. The molecule has 1 aromatic carbocycles. The number of esters is 1. The molecule has 0 aliphatic rings. The number of hydrogen-bond acceptors (Lipinski definition) is 3. The molecule has 0 fully saturated rings. The Kier molecular flexibility index (Phi) is 3.78. The lowest BCUT2D eigenvalue weighted by Crippen LogP contribution is -2.11. The molecule has 0 saturated carbocycles. The number of alkyl halides is 3. The molecule has 0 saturated heterocycles. The minimum Gasteiger partial charge on any atom is -0.465 e. The summed E-state index contributed by atoms with van der Waals surface area (Å²) in [5.74, 6) is -0.902. The van der Waals surface area contributed by atoms with Crippen LogP contribution in [0.25, 0.3) is 0 Å². The second-order valence-electron chi connectivity index (χ2n) is 2.98. The van der Waals surface area contributed by atoms with E-state index >= 15 is 0 Å². The first-order valence-electron chi connectivity index (χ1n) is 4.20. The summed E-state index contributed by atoms with van der Waals surface area (Å²) < 4.78 is 42.1. The van der Waals surface area contributed by atoms with E-state index in [2.05, 4.69) is 20.7 Å². The third-order valence-corrected chi connectivity index (χ3v) is 2.55. The molecule has 3 nitrogen and oxygen atoms in total. The standard InChI is InChI=1S/C10H5BrF3NO2/c1-17-9(16)5-2-7(10(12,13)14)6(4-15)8(11)3-5/h2-3H,1H3. The molecule has 0 atom stereocenters. The van der Waals surface area contributed by atoms with Crippen LogP contribution in [0.4, 0.5) is 13.2 Å². The van der Waals surface area contributed by atoms with E-state index in [0.717, 1.165) is 13.2 Å². The van der Waals surface area contributed by atoms with Gasteiger partial charge in [0.15, 0.2) is 0 Å². The van der Waals surface area contributed by atoms with E-state index in [1.807, 2.05) is 0 Å². The van der Waals surface area contributed by atoms with Gasteiger partial charge < -0.3 is 4.74 Å². The van der Waals surface area contributed by atoms with Gasteiger partial charge in [0, 0.05) is 4.47 Å². The monoisotopic (exact) mass is 307 g/mol. The first-order valence-corrected chi connectivity index (χ1v) is 4.99. The summed E-state index contributed by atoms with van der Waals surface area (Å²) in [5, 5.41) is 8.65. The predicted octanol–water partition coefficient (Wildman–Crippen LogP) is 3.13. The number of ether oxygens (including phenoxy) is 1. The topological polar surface area (TPSA) is 50.1 Å². The molecule has 0 aliphatic heterocycles. The van der Waals surface area contributed by atoms with Gasteiger partial charge in [-0.2, -0.15) is 18.4 Å². The Bertz CT molecular complexity index is 505. The Hall–Kier alpha value is -1.55. The van der Waals surface area contributed by atoms with Crippen LogP contribution >= 0.6 is 15.9 Å². The zero-order valence-corrected chi connectivity index (χ0v) is 10.0. The van der Waals surface area contributed by atoms with Crippen LogP contribution in [0.5, 0.6) is 0 Å². The molecule has 0 N–H and O–H groups in total. The maximum absolute atomic E-state index is 12.6. The molecule has 0 unspecified atom stereocenters. The zero-order valence-electron chi connectivity index (χ0n) is 8.43. The van der Waals surface area contributed by atoms with E-state index in [4.69, 9.17) is 5.26 Å². The first kappa shape index (κ1) is 13.5. The van der Waals surface area contributed by atoms with E-state index in [9.17, 15) is 18.0 Å². The summed E-state index contributed by atoms with van der Waals surface area (Å²) in [5.41, 5.74) is -2.01. The van der Waals surface area contributed by atoms with E-state index in [-0.39, 0.29) is 10.0 Å². The van der Waals surface area contributed by atoms with Crippen LogP contribution in [0, 0.1) is 11.3 Å². The lowest BCUT2D eigenvalue weighted by molar-refractivity contribution is -0.137. The van der Waals surface area contributed by atoms with Gasteiger partial charge in [0.05, 0.1) is 23.8 Å². The fraction of sp³-hybridized carbons (Fsp3) is 0.200. The second-order valence-corrected chi connectivity index (χ2v) is 3.84. The minimum atomic E-state index is -4.71. The van der Waals surface area contributed by atoms with Crippen LogP contribution < -0.4 is 0 Å². The highest BCUT2D eigenvalue weighted by Gasteiger charge is 2.35. The summed E-state index contributed by atoms with van der Waals surface area (Å²) in [6, 6.07) is 3.14. The van der Waals surface area contributed by atoms with Crippen LogP contribution in [0.15, 0.2) is 16.6 Å². The number of carbonyl (C=O) groups excluding carboxylic acids is 1. The molecule has 0 heterocycles. The van der Waals surface area contributed by atoms with Crippen LogP contribution in [0.1, 0.15) is 21.5 Å². The van der Waals surface area contributed by atoms with Crippen molar-refractivity contribution < 1.29 is 22.7 Å². The molecule has 0 aliphatic carbocycles. The highest BCUT2D eigenvalue weighted by atomic mass is 79.9. The van der Waals surface area contributed by atoms with E-state index in [0.29, 0.717) is 6.07 Å². The van der Waals surface area contributed by atoms with Gasteiger partial charge in [-0.3, -0.25) is 0 Å². The fourth-order valence-electron chi connectivity index (χ4n) is 1.18. The number of nitrogens with zero attached hydrogens (tertiary/aromatic N) is 1. The maximum Gasteiger partial charge on any atom is 0.417 e. The maximum atomic E-state index is 12.6. The van der Waals surface area contributed by atoms with Crippen molar-refractivity contribution in [2.75, 3.05) is 7.11 Å². The molecular formula is C10H5BrF3NO2. The summed E-state index contributed by atoms with van der Waals surface area (Å²) >= 11 is 2.82. The lowest BCUT2D eigenvalue weighted by Gasteiger charge is -2.11. The molecule has 7 heteroatoms. The SMILES string of the molecule is COC(=O)c1cc(Br)c(C#N)c(C(F)(F)F)c1. The molecular weight excluding hydrogens is 303 g/mol. The Labute approximate surface area is 103 Å². The van der Waals surface area contributed by atoms with Gasteiger partial charge in [0.1, 0.15) is 6.07 Å². The molecule has 0 amide bonds. The van der Waals surface area contributed by atoms with Gasteiger partial charge in [0.25, 0.3) is 0 Å². The Morgan fingerprint density at radius 1 is 1.47 bits per heavy atom. The average molecular weight is 308 g/mol. The van der Waals surface area contributed by atoms with Crippen LogP contribution in [0.2, 0.25) is 0 Å². The number of hydrogen-bond donors (Lipinski definition) is 0. The number of rotatable bonds is 1. The van der Waals surface area contributed by atoms with E-state index in [1.165, 1.54) is 6.07 Å². The third kappa shape index (κ3) is 2.77. The summed E-state index contributed by atoms with van der Waals surface area (Å²) in [6.07, 6.45) is -4.71. The molecule has 0 aromatic heterocycles. The quantitative estimate of drug-likeness (QED) is 0.749. The molecule has 0 bridgehead atoms. The van der Waals surface area contributed by atoms with Gasteiger partial charge in [-0.25, -0.2) is 4.79 Å². The zero-order chi connectivity index (χ0) is 13.2. The Morgan fingerprint density at radius 2 is 2.06 bits per heavy atom. The van der Waals surface area contributed by atoms with Gasteiger partial charge in [-0.15, -0.1) is 0 Å². The Morgan fingerprint density at radius 3 is 2.47 bits per heavy atom. The van der Waals surface area contributed by atoms with E-state index in [1.54, 1.807) is 0 Å². The normalized spacial score (nSPS) is 10.8. The predicted molar refractivity (Wildman–Crippen MR) is 55.2 cm³/mol. The molecule has 1 rings (SSSR count). The van der Waals surface area contributed by atoms with Crippen molar-refractivity contribution in [3.8, 4) is 6.07 Å². The number of halogens is 4.